The zero-order valence-electron chi connectivity index (χ0n) is 19.7. The van der Waals surface area contributed by atoms with Crippen molar-refractivity contribution in [1.29, 1.82) is 0 Å². The van der Waals surface area contributed by atoms with E-state index >= 15 is 0 Å². The van der Waals surface area contributed by atoms with Crippen molar-refractivity contribution in [2.24, 2.45) is 0 Å². The molecule has 190 valence electrons. The summed E-state index contributed by atoms with van der Waals surface area (Å²) in [7, 11) is -4.42. The van der Waals surface area contributed by atoms with E-state index in [0.29, 0.717) is 32.9 Å². The number of carbonyl (C=O) groups is 2. The van der Waals surface area contributed by atoms with E-state index in [1.165, 1.54) is 43.3 Å². The number of hydrogen-bond acceptors (Lipinski definition) is 4. The summed E-state index contributed by atoms with van der Waals surface area (Å²) in [6, 6.07) is 14.6. The minimum absolute atomic E-state index is 0.118. The lowest BCUT2D eigenvalue weighted by Gasteiger charge is -2.26. The normalized spacial score (nSPS) is 11.6. The first-order valence-corrected chi connectivity index (χ1v) is 12.2. The van der Waals surface area contributed by atoms with Crippen LogP contribution in [0.5, 0.6) is 0 Å². The summed E-state index contributed by atoms with van der Waals surface area (Å²) >= 11 is 0. The van der Waals surface area contributed by atoms with Gasteiger partial charge in [0, 0.05) is 18.3 Å². The number of nitrogens with one attached hydrogen (secondary N) is 2. The van der Waals surface area contributed by atoms with Gasteiger partial charge in [0.25, 0.3) is 10.0 Å². The lowest BCUT2D eigenvalue weighted by molar-refractivity contribution is -0.137. The summed E-state index contributed by atoms with van der Waals surface area (Å²) < 4.78 is 68.0. The van der Waals surface area contributed by atoms with E-state index in [4.69, 9.17) is 0 Å². The van der Waals surface area contributed by atoms with Crippen LogP contribution in [0.15, 0.2) is 71.6 Å². The molecular formula is C25H24F3N3O4S. The fourth-order valence-electron chi connectivity index (χ4n) is 3.43. The maximum Gasteiger partial charge on any atom is 0.416 e. The molecule has 0 saturated carbocycles. The van der Waals surface area contributed by atoms with Crippen LogP contribution in [0, 0.1) is 13.8 Å². The van der Waals surface area contributed by atoms with Crippen molar-refractivity contribution >= 4 is 38.9 Å². The van der Waals surface area contributed by atoms with Gasteiger partial charge in [-0.25, -0.2) is 8.42 Å². The molecule has 0 radical (unpaired) electrons. The molecule has 0 unspecified atom stereocenters. The molecule has 7 nitrogen and oxygen atoms in total. The molecule has 0 aliphatic heterocycles. The molecule has 3 rings (SSSR count). The van der Waals surface area contributed by atoms with Crippen molar-refractivity contribution in [1.82, 2.24) is 0 Å². The van der Waals surface area contributed by atoms with Gasteiger partial charge in [-0.1, -0.05) is 18.2 Å². The number of alkyl halides is 3. The van der Waals surface area contributed by atoms with Crippen molar-refractivity contribution in [3.63, 3.8) is 0 Å². The van der Waals surface area contributed by atoms with Gasteiger partial charge in [-0.15, -0.1) is 0 Å². The van der Waals surface area contributed by atoms with Crippen molar-refractivity contribution in [3.05, 3.63) is 83.4 Å². The lowest BCUT2D eigenvalue weighted by Crippen LogP contribution is -2.38. The van der Waals surface area contributed by atoms with Crippen molar-refractivity contribution < 1.29 is 31.2 Å². The average molecular weight is 520 g/mol. The molecule has 36 heavy (non-hydrogen) atoms. The van der Waals surface area contributed by atoms with E-state index < -0.39 is 34.2 Å². The Balaban J connectivity index is 1.98. The number of hydrogen-bond donors (Lipinski definition) is 2. The van der Waals surface area contributed by atoms with Crippen LogP contribution < -0.4 is 14.9 Å². The molecule has 3 aromatic rings. The van der Waals surface area contributed by atoms with Gasteiger partial charge in [0.2, 0.25) is 11.8 Å². The van der Waals surface area contributed by atoms with E-state index in [9.17, 15) is 31.2 Å². The van der Waals surface area contributed by atoms with Crippen LogP contribution in [0.2, 0.25) is 0 Å². The second-order valence-corrected chi connectivity index (χ2v) is 9.97. The van der Waals surface area contributed by atoms with Crippen molar-refractivity contribution in [2.75, 3.05) is 21.5 Å². The molecule has 0 aliphatic carbocycles. The maximum atomic E-state index is 13.6. The Labute approximate surface area is 207 Å². The Morgan fingerprint density at radius 1 is 0.889 bits per heavy atom. The Hall–Kier alpha value is -3.86. The highest BCUT2D eigenvalue weighted by molar-refractivity contribution is 7.93. The van der Waals surface area contributed by atoms with Crippen LogP contribution in [0.4, 0.5) is 30.2 Å². The molecule has 3 aromatic carbocycles. The lowest BCUT2D eigenvalue weighted by atomic mass is 10.2. The Kier molecular flexibility index (Phi) is 7.73. The van der Waals surface area contributed by atoms with E-state index in [-0.39, 0.29) is 16.5 Å². The van der Waals surface area contributed by atoms with Gasteiger partial charge < -0.3 is 10.6 Å². The SMILES string of the molecule is CC(=O)Nc1ccc(NC(=O)CN(c2cccc(C(F)(F)F)c2)S(=O)(=O)c2cc(C)ccc2C)cc1. The molecule has 0 bridgehead atoms. The second-order valence-electron chi connectivity index (χ2n) is 8.14. The summed E-state index contributed by atoms with van der Waals surface area (Å²) in [5, 5.41) is 5.11. The van der Waals surface area contributed by atoms with Gasteiger partial charge in [0.05, 0.1) is 16.1 Å². The van der Waals surface area contributed by atoms with Gasteiger partial charge >= 0.3 is 6.18 Å². The first-order valence-electron chi connectivity index (χ1n) is 10.7. The molecular weight excluding hydrogens is 495 g/mol. The van der Waals surface area contributed by atoms with E-state index in [2.05, 4.69) is 10.6 Å². The van der Waals surface area contributed by atoms with E-state index in [1.807, 2.05) is 0 Å². The third-order valence-corrected chi connectivity index (χ3v) is 7.07. The molecule has 2 N–H and O–H groups in total. The Morgan fingerprint density at radius 3 is 2.08 bits per heavy atom. The van der Waals surface area contributed by atoms with Crippen LogP contribution >= 0.6 is 0 Å². The minimum Gasteiger partial charge on any atom is -0.326 e. The summed E-state index contributed by atoms with van der Waals surface area (Å²) in [6.07, 6.45) is -4.71. The van der Waals surface area contributed by atoms with Crippen LogP contribution in [-0.2, 0) is 25.8 Å². The molecule has 0 saturated heterocycles. The van der Waals surface area contributed by atoms with Crippen LogP contribution in [0.1, 0.15) is 23.6 Å². The van der Waals surface area contributed by atoms with Gasteiger partial charge in [-0.3, -0.25) is 13.9 Å². The zero-order chi connectivity index (χ0) is 26.7. The van der Waals surface area contributed by atoms with Gasteiger partial charge in [-0.2, -0.15) is 13.2 Å². The topological polar surface area (TPSA) is 95.6 Å². The van der Waals surface area contributed by atoms with Crippen LogP contribution in [-0.4, -0.2) is 26.8 Å². The van der Waals surface area contributed by atoms with E-state index in [1.54, 1.807) is 26.0 Å². The third-order valence-electron chi connectivity index (χ3n) is 5.15. The van der Waals surface area contributed by atoms with Crippen molar-refractivity contribution in [2.45, 2.75) is 31.8 Å². The number of halogens is 3. The van der Waals surface area contributed by atoms with Crippen LogP contribution in [0.3, 0.4) is 0 Å². The monoisotopic (exact) mass is 519 g/mol. The summed E-state index contributed by atoms with van der Waals surface area (Å²) in [6.45, 7) is 3.82. The molecule has 0 atom stereocenters. The number of carbonyl (C=O) groups excluding carboxylic acids is 2. The van der Waals surface area contributed by atoms with Gasteiger partial charge in [0.15, 0.2) is 0 Å². The molecule has 11 heteroatoms. The van der Waals surface area contributed by atoms with Crippen molar-refractivity contribution in [3.8, 4) is 0 Å². The predicted molar refractivity (Wildman–Crippen MR) is 131 cm³/mol. The quantitative estimate of drug-likeness (QED) is 0.453. The number of nitrogens with zero attached hydrogens (tertiary/aromatic N) is 1. The number of sulfonamides is 1. The Bertz CT molecular complexity index is 1390. The highest BCUT2D eigenvalue weighted by Gasteiger charge is 2.33. The smallest absolute Gasteiger partial charge is 0.326 e. The average Bonchev–Trinajstić information content (AvgIpc) is 2.79. The fraction of sp³-hybridized carbons (Fsp3) is 0.200. The number of aryl methyl sites for hydroxylation is 2. The van der Waals surface area contributed by atoms with E-state index in [0.717, 1.165) is 12.1 Å². The highest BCUT2D eigenvalue weighted by Crippen LogP contribution is 2.34. The first-order chi connectivity index (χ1) is 16.8. The molecule has 0 spiro atoms. The fourth-order valence-corrected chi connectivity index (χ4v) is 5.15. The summed E-state index contributed by atoms with van der Waals surface area (Å²) in [5.74, 6) is -1.05. The Morgan fingerprint density at radius 2 is 1.50 bits per heavy atom. The molecule has 0 aromatic heterocycles. The van der Waals surface area contributed by atoms with Gasteiger partial charge in [-0.05, 0) is 73.5 Å². The largest absolute Gasteiger partial charge is 0.416 e. The van der Waals surface area contributed by atoms with Crippen LogP contribution in [0.25, 0.3) is 0 Å². The highest BCUT2D eigenvalue weighted by atomic mass is 32.2. The third kappa shape index (κ3) is 6.42. The standard InChI is InChI=1S/C25H24F3N3O4S/c1-16-7-8-17(2)23(13-16)36(34,35)31(22-6-4-5-19(14-22)25(26,27)28)15-24(33)30-21-11-9-20(10-12-21)29-18(3)32/h4-14H,15H2,1-3H3,(H,29,32)(H,30,33). The minimum atomic E-state index is -4.71. The molecule has 0 fully saturated rings. The maximum absolute atomic E-state index is 13.6. The number of amides is 2. The number of rotatable bonds is 7. The summed E-state index contributed by atoms with van der Waals surface area (Å²) in [4.78, 5) is 23.9. The second kappa shape index (κ2) is 10.4. The first kappa shape index (κ1) is 26.7. The molecule has 0 aliphatic rings. The number of anilines is 3. The number of benzene rings is 3. The summed E-state index contributed by atoms with van der Waals surface area (Å²) in [5.41, 5.74) is 0.460. The van der Waals surface area contributed by atoms with Gasteiger partial charge in [0.1, 0.15) is 6.54 Å². The molecule has 2 amide bonds. The zero-order valence-corrected chi connectivity index (χ0v) is 20.5. The molecule has 0 heterocycles. The predicted octanol–water partition coefficient (Wildman–Crippen LogP) is 5.11.